The number of Topliss-reactive ketones (excluding diaryl/α,β-unsaturated/α-hetero) is 1. The lowest BCUT2D eigenvalue weighted by Crippen LogP contribution is -2.16. The normalized spacial score (nSPS) is 12.1. The van der Waals surface area contributed by atoms with Crippen molar-refractivity contribution in [1.29, 1.82) is 0 Å². The second-order valence-corrected chi connectivity index (χ2v) is 9.55. The molecule has 6 nitrogen and oxygen atoms in total. The second kappa shape index (κ2) is 9.21. The Morgan fingerprint density at radius 1 is 0.944 bits per heavy atom. The number of ether oxygens (including phenoxy) is 1. The Balaban J connectivity index is 1.74. The number of hydrogen-bond acceptors (Lipinski definition) is 3. The maximum Gasteiger partial charge on any atom is 0.271 e. The van der Waals surface area contributed by atoms with E-state index in [4.69, 9.17) is 16.3 Å². The number of aromatic amines is 2. The first kappa shape index (κ1) is 23.7. The summed E-state index contributed by atoms with van der Waals surface area (Å²) in [4.78, 5) is 30.6. The van der Waals surface area contributed by atoms with E-state index in [0.717, 1.165) is 39.0 Å². The van der Waals surface area contributed by atoms with E-state index in [1.807, 2.05) is 57.2 Å². The fraction of sp³-hybridized carbons (Fsp3) is 0.172. The quantitative estimate of drug-likeness (QED) is 0.271. The number of aromatic nitrogens is 3. The molecule has 182 valence electrons. The van der Waals surface area contributed by atoms with E-state index >= 15 is 0 Å². The molecular formula is C29H26ClN3O3. The number of ketones is 1. The summed E-state index contributed by atoms with van der Waals surface area (Å²) >= 11 is 6.09. The van der Waals surface area contributed by atoms with Crippen molar-refractivity contribution < 1.29 is 9.53 Å². The van der Waals surface area contributed by atoms with Crippen LogP contribution in [0, 0.1) is 20.8 Å². The molecule has 3 aromatic carbocycles. The van der Waals surface area contributed by atoms with Crippen LogP contribution in [0.15, 0.2) is 71.5 Å². The number of aryl methyl sites for hydroxylation is 3. The van der Waals surface area contributed by atoms with Crippen LogP contribution in [0.5, 0.6) is 5.75 Å². The number of methoxy groups -OCH3 is 1. The molecule has 0 bridgehead atoms. The van der Waals surface area contributed by atoms with Gasteiger partial charge in [-0.1, -0.05) is 17.7 Å². The average molecular weight is 500 g/mol. The number of rotatable bonds is 6. The Hall–Kier alpha value is -4.03. The third kappa shape index (κ3) is 4.25. The molecule has 0 saturated heterocycles. The van der Waals surface area contributed by atoms with E-state index in [-0.39, 0.29) is 11.3 Å². The first-order valence-electron chi connectivity index (χ1n) is 11.6. The standard InChI is InChI=1S/C29H26ClN3O3/c1-16-11-17(2)13-21(12-16)33-26(34)15-25(32-33)28(29(35)19-5-7-20(30)8-6-19)27-18(3)31-24-10-9-22(36-4)14-23(24)27/h5-15,28,31-32H,1-4H3. The predicted molar refractivity (Wildman–Crippen MR) is 143 cm³/mol. The molecule has 0 amide bonds. The molecule has 1 atom stereocenters. The Morgan fingerprint density at radius 2 is 1.64 bits per heavy atom. The first-order valence-corrected chi connectivity index (χ1v) is 12.0. The summed E-state index contributed by atoms with van der Waals surface area (Å²) in [6, 6.07) is 20.0. The molecule has 0 radical (unpaired) electrons. The van der Waals surface area contributed by atoms with Gasteiger partial charge < -0.3 is 9.72 Å². The highest BCUT2D eigenvalue weighted by molar-refractivity contribution is 6.30. The van der Waals surface area contributed by atoms with Gasteiger partial charge in [-0.3, -0.25) is 14.7 Å². The molecule has 0 aliphatic rings. The van der Waals surface area contributed by atoms with Gasteiger partial charge in [-0.2, -0.15) is 0 Å². The number of carbonyl (C=O) groups is 1. The van der Waals surface area contributed by atoms with Crippen LogP contribution in [0.25, 0.3) is 16.6 Å². The van der Waals surface area contributed by atoms with Gasteiger partial charge in [0.1, 0.15) is 5.75 Å². The van der Waals surface area contributed by atoms with Crippen molar-refractivity contribution in [1.82, 2.24) is 14.8 Å². The zero-order chi connectivity index (χ0) is 25.6. The first-order chi connectivity index (χ1) is 17.2. The van der Waals surface area contributed by atoms with Crippen LogP contribution in [0.4, 0.5) is 0 Å². The van der Waals surface area contributed by atoms with Gasteiger partial charge in [0, 0.05) is 33.2 Å². The third-order valence-electron chi connectivity index (χ3n) is 6.44. The van der Waals surface area contributed by atoms with Gasteiger partial charge in [0.05, 0.1) is 24.4 Å². The van der Waals surface area contributed by atoms with Gasteiger partial charge >= 0.3 is 0 Å². The molecule has 36 heavy (non-hydrogen) atoms. The third-order valence-corrected chi connectivity index (χ3v) is 6.69. The van der Waals surface area contributed by atoms with E-state index in [9.17, 15) is 9.59 Å². The second-order valence-electron chi connectivity index (χ2n) is 9.11. The highest BCUT2D eigenvalue weighted by Gasteiger charge is 2.31. The molecule has 0 fully saturated rings. The maximum absolute atomic E-state index is 14.1. The summed E-state index contributed by atoms with van der Waals surface area (Å²) in [6.07, 6.45) is 0. The molecule has 0 spiro atoms. The van der Waals surface area contributed by atoms with Crippen molar-refractivity contribution >= 4 is 28.3 Å². The van der Waals surface area contributed by atoms with E-state index < -0.39 is 5.92 Å². The number of halogens is 1. The summed E-state index contributed by atoms with van der Waals surface area (Å²) in [7, 11) is 1.61. The van der Waals surface area contributed by atoms with Crippen molar-refractivity contribution in [3.8, 4) is 11.4 Å². The molecule has 1 unspecified atom stereocenters. The lowest BCUT2D eigenvalue weighted by molar-refractivity contribution is 0.0972. The van der Waals surface area contributed by atoms with Crippen LogP contribution in [-0.4, -0.2) is 27.7 Å². The molecule has 5 rings (SSSR count). The van der Waals surface area contributed by atoms with Crippen LogP contribution in [0.1, 0.15) is 44.4 Å². The molecule has 0 saturated carbocycles. The predicted octanol–water partition coefficient (Wildman–Crippen LogP) is 6.25. The van der Waals surface area contributed by atoms with Crippen LogP contribution in [-0.2, 0) is 0 Å². The van der Waals surface area contributed by atoms with Crippen molar-refractivity contribution in [3.63, 3.8) is 0 Å². The summed E-state index contributed by atoms with van der Waals surface area (Å²) < 4.78 is 6.95. The maximum atomic E-state index is 14.1. The largest absolute Gasteiger partial charge is 0.497 e. The van der Waals surface area contributed by atoms with Gasteiger partial charge in [-0.25, -0.2) is 4.68 Å². The fourth-order valence-electron chi connectivity index (χ4n) is 4.87. The lowest BCUT2D eigenvalue weighted by Gasteiger charge is -2.16. The minimum absolute atomic E-state index is 0.146. The lowest BCUT2D eigenvalue weighted by atomic mass is 9.86. The number of hydrogen-bond donors (Lipinski definition) is 2. The Labute approximate surface area is 213 Å². The van der Waals surface area contributed by atoms with Crippen LogP contribution in [0.3, 0.4) is 0 Å². The van der Waals surface area contributed by atoms with Crippen molar-refractivity contribution in [2.75, 3.05) is 7.11 Å². The zero-order valence-corrected chi connectivity index (χ0v) is 21.2. The van der Waals surface area contributed by atoms with E-state index in [1.54, 1.807) is 31.4 Å². The molecular weight excluding hydrogens is 474 g/mol. The number of nitrogens with one attached hydrogen (secondary N) is 2. The number of H-pyrrole nitrogens is 2. The summed E-state index contributed by atoms with van der Waals surface area (Å²) in [5.41, 5.74) is 6.09. The molecule has 2 heterocycles. The number of fused-ring (bicyclic) bond motifs is 1. The Morgan fingerprint density at radius 3 is 2.31 bits per heavy atom. The highest BCUT2D eigenvalue weighted by Crippen LogP contribution is 2.37. The molecule has 0 aliphatic heterocycles. The summed E-state index contributed by atoms with van der Waals surface area (Å²) in [5, 5.41) is 4.64. The number of carbonyl (C=O) groups excluding carboxylic acids is 1. The molecule has 2 N–H and O–H groups in total. The van der Waals surface area contributed by atoms with Gasteiger partial charge in [0.25, 0.3) is 5.56 Å². The smallest absolute Gasteiger partial charge is 0.271 e. The van der Waals surface area contributed by atoms with Crippen molar-refractivity contribution in [2.45, 2.75) is 26.7 Å². The Kier molecular flexibility index (Phi) is 6.06. The van der Waals surface area contributed by atoms with E-state index in [2.05, 4.69) is 10.1 Å². The van der Waals surface area contributed by atoms with Gasteiger partial charge in [0.15, 0.2) is 5.78 Å². The average Bonchev–Trinajstić information content (AvgIpc) is 3.38. The van der Waals surface area contributed by atoms with E-state index in [0.29, 0.717) is 22.0 Å². The highest BCUT2D eigenvalue weighted by atomic mass is 35.5. The zero-order valence-electron chi connectivity index (χ0n) is 20.5. The molecule has 5 aromatic rings. The monoisotopic (exact) mass is 499 g/mol. The van der Waals surface area contributed by atoms with Crippen LogP contribution >= 0.6 is 11.6 Å². The topological polar surface area (TPSA) is 79.9 Å². The van der Waals surface area contributed by atoms with Gasteiger partial charge in [-0.15, -0.1) is 0 Å². The minimum atomic E-state index is -0.758. The van der Waals surface area contributed by atoms with Crippen molar-refractivity contribution in [2.24, 2.45) is 0 Å². The molecule has 7 heteroatoms. The summed E-state index contributed by atoms with van der Waals surface area (Å²) in [6.45, 7) is 5.91. The number of nitrogens with zero attached hydrogens (tertiary/aromatic N) is 1. The minimum Gasteiger partial charge on any atom is -0.497 e. The van der Waals surface area contributed by atoms with Crippen LogP contribution < -0.4 is 10.3 Å². The van der Waals surface area contributed by atoms with E-state index in [1.165, 1.54) is 10.7 Å². The fourth-order valence-corrected chi connectivity index (χ4v) is 4.99. The van der Waals surface area contributed by atoms with Crippen LogP contribution in [0.2, 0.25) is 5.02 Å². The van der Waals surface area contributed by atoms with Gasteiger partial charge in [0.2, 0.25) is 0 Å². The van der Waals surface area contributed by atoms with Gasteiger partial charge in [-0.05, 0) is 92.1 Å². The Bertz CT molecular complexity index is 1640. The summed E-state index contributed by atoms with van der Waals surface area (Å²) in [5.74, 6) is -0.221. The SMILES string of the molecule is COc1ccc2[nH]c(C)c(C(C(=O)c3ccc(Cl)cc3)c3cc(=O)n(-c4cc(C)cc(C)c4)[nH]3)c2c1. The molecule has 0 aliphatic carbocycles. The number of benzene rings is 3. The van der Waals surface area contributed by atoms with Crippen molar-refractivity contribution in [3.05, 3.63) is 116 Å². The molecule has 2 aromatic heterocycles.